The second-order valence-electron chi connectivity index (χ2n) is 7.20. The van der Waals surface area contributed by atoms with Crippen molar-refractivity contribution in [2.45, 2.75) is 0 Å². The van der Waals surface area contributed by atoms with E-state index in [2.05, 4.69) is 50.2 Å². The Morgan fingerprint density at radius 1 is 0.688 bits per heavy atom. The molecule has 4 aromatic heterocycles. The van der Waals surface area contributed by atoms with Gasteiger partial charge in [0.25, 0.3) is 0 Å². The van der Waals surface area contributed by atoms with Crippen LogP contribution in [0.3, 0.4) is 0 Å². The summed E-state index contributed by atoms with van der Waals surface area (Å²) in [5.74, 6) is 1.92. The summed E-state index contributed by atoms with van der Waals surface area (Å²) < 4.78 is 14.1. The van der Waals surface area contributed by atoms with E-state index in [4.69, 9.17) is 9.47 Å². The van der Waals surface area contributed by atoms with Crippen LogP contribution in [0, 0.1) is 0 Å². The topological polar surface area (TPSA) is 49.2 Å². The molecule has 154 valence electrons. The molecule has 6 rings (SSSR count). The van der Waals surface area contributed by atoms with Gasteiger partial charge in [-0.2, -0.15) is 0 Å². The van der Waals surface area contributed by atoms with Gasteiger partial charge in [0.05, 0.1) is 11.2 Å². The van der Waals surface area contributed by atoms with Crippen LogP contribution in [0.4, 0.5) is 0 Å². The molecule has 6 aromatic rings. The van der Waals surface area contributed by atoms with Gasteiger partial charge in [0.2, 0.25) is 5.88 Å². The molecular formula is C26H17N3O2S. The lowest BCUT2D eigenvalue weighted by molar-refractivity contribution is 0.452. The SMILES string of the molecule is c1ccc(Oc2cccc(Oc3cc(-n4c5ccccc5c5cccnc54)cs3)c2)nc1. The first-order chi connectivity index (χ1) is 15.8. The number of thiophene rings is 1. The molecule has 0 saturated carbocycles. The van der Waals surface area contributed by atoms with Crippen LogP contribution in [0.1, 0.15) is 0 Å². The van der Waals surface area contributed by atoms with E-state index < -0.39 is 0 Å². The van der Waals surface area contributed by atoms with Crippen molar-refractivity contribution < 1.29 is 9.47 Å². The molecule has 0 atom stereocenters. The van der Waals surface area contributed by atoms with E-state index in [1.165, 1.54) is 5.39 Å². The van der Waals surface area contributed by atoms with Gasteiger partial charge in [0, 0.05) is 46.7 Å². The third kappa shape index (κ3) is 3.36. The summed E-state index contributed by atoms with van der Waals surface area (Å²) in [6.07, 6.45) is 3.53. The molecule has 0 radical (unpaired) electrons. The zero-order valence-electron chi connectivity index (χ0n) is 16.9. The van der Waals surface area contributed by atoms with E-state index in [1.807, 2.05) is 60.8 Å². The van der Waals surface area contributed by atoms with Gasteiger partial charge in [-0.25, -0.2) is 9.97 Å². The summed E-state index contributed by atoms with van der Waals surface area (Å²) in [7, 11) is 0. The van der Waals surface area contributed by atoms with Crippen LogP contribution in [0.25, 0.3) is 27.6 Å². The molecule has 4 heterocycles. The van der Waals surface area contributed by atoms with Crippen molar-refractivity contribution >= 4 is 33.3 Å². The minimum atomic E-state index is 0.543. The van der Waals surface area contributed by atoms with E-state index in [1.54, 1.807) is 17.5 Å². The van der Waals surface area contributed by atoms with E-state index in [0.29, 0.717) is 17.4 Å². The second kappa shape index (κ2) is 7.83. The Morgan fingerprint density at radius 3 is 2.41 bits per heavy atom. The molecule has 0 aliphatic heterocycles. The molecular weight excluding hydrogens is 418 g/mol. The number of hydrogen-bond acceptors (Lipinski definition) is 5. The highest BCUT2D eigenvalue weighted by Crippen LogP contribution is 2.36. The van der Waals surface area contributed by atoms with Crippen molar-refractivity contribution in [3.8, 4) is 28.1 Å². The van der Waals surface area contributed by atoms with Gasteiger partial charge in [0.1, 0.15) is 17.1 Å². The van der Waals surface area contributed by atoms with Gasteiger partial charge in [-0.3, -0.25) is 4.57 Å². The molecule has 0 N–H and O–H groups in total. The van der Waals surface area contributed by atoms with E-state index in [-0.39, 0.29) is 0 Å². The molecule has 6 heteroatoms. The standard InChI is InChI=1S/C26H17N3O2S/c1-2-11-23-21(9-1)22-10-6-14-28-26(22)29(23)18-15-25(32-17-18)31-20-8-5-7-19(16-20)30-24-12-3-4-13-27-24/h1-17H. The molecule has 0 fully saturated rings. The fourth-order valence-corrected chi connectivity index (χ4v) is 4.52. The Bertz CT molecular complexity index is 1490. The zero-order chi connectivity index (χ0) is 21.3. The molecule has 5 nitrogen and oxygen atoms in total. The number of rotatable bonds is 5. The van der Waals surface area contributed by atoms with Crippen molar-refractivity contribution in [2.75, 3.05) is 0 Å². The lowest BCUT2D eigenvalue weighted by atomic mass is 10.2. The Kier molecular flexibility index (Phi) is 4.55. The summed E-state index contributed by atoms with van der Waals surface area (Å²) >= 11 is 1.55. The largest absolute Gasteiger partial charge is 0.446 e. The zero-order valence-corrected chi connectivity index (χ0v) is 17.7. The smallest absolute Gasteiger partial charge is 0.219 e. The van der Waals surface area contributed by atoms with Gasteiger partial charge >= 0.3 is 0 Å². The van der Waals surface area contributed by atoms with Crippen molar-refractivity contribution in [3.05, 3.63) is 103 Å². The fraction of sp³-hybridized carbons (Fsp3) is 0. The first kappa shape index (κ1) is 18.6. The molecule has 0 aliphatic carbocycles. The van der Waals surface area contributed by atoms with E-state index >= 15 is 0 Å². The average Bonchev–Trinajstić information content (AvgIpc) is 3.42. The molecule has 0 saturated heterocycles. The van der Waals surface area contributed by atoms with Gasteiger partial charge in [-0.05, 0) is 36.4 Å². The van der Waals surface area contributed by atoms with Gasteiger partial charge < -0.3 is 9.47 Å². The van der Waals surface area contributed by atoms with Crippen LogP contribution in [0.2, 0.25) is 0 Å². The summed E-state index contributed by atoms with van der Waals surface area (Å²) in [4.78, 5) is 8.84. The third-order valence-corrected chi connectivity index (χ3v) is 5.93. The average molecular weight is 436 g/mol. The highest BCUT2D eigenvalue weighted by Gasteiger charge is 2.14. The monoisotopic (exact) mass is 435 g/mol. The third-order valence-electron chi connectivity index (χ3n) is 5.14. The molecule has 0 bridgehead atoms. The molecule has 0 unspecified atom stereocenters. The highest BCUT2D eigenvalue weighted by atomic mass is 32.1. The first-order valence-corrected chi connectivity index (χ1v) is 11.0. The maximum atomic E-state index is 6.14. The predicted octanol–water partition coefficient (Wildman–Crippen LogP) is 7.22. The summed E-state index contributed by atoms with van der Waals surface area (Å²) in [6, 6.07) is 27.6. The maximum absolute atomic E-state index is 6.14. The van der Waals surface area contributed by atoms with Crippen LogP contribution >= 0.6 is 11.3 Å². The van der Waals surface area contributed by atoms with Crippen molar-refractivity contribution in [2.24, 2.45) is 0 Å². The van der Waals surface area contributed by atoms with E-state index in [0.717, 1.165) is 27.3 Å². The Balaban J connectivity index is 1.32. The summed E-state index contributed by atoms with van der Waals surface area (Å²) in [6.45, 7) is 0. The number of ether oxygens (including phenoxy) is 2. The predicted molar refractivity (Wildman–Crippen MR) is 127 cm³/mol. The molecule has 32 heavy (non-hydrogen) atoms. The maximum Gasteiger partial charge on any atom is 0.219 e. The molecule has 2 aromatic carbocycles. The number of fused-ring (bicyclic) bond motifs is 3. The van der Waals surface area contributed by atoms with Crippen LogP contribution in [-0.4, -0.2) is 14.5 Å². The highest BCUT2D eigenvalue weighted by molar-refractivity contribution is 7.12. The lowest BCUT2D eigenvalue weighted by Gasteiger charge is -2.07. The lowest BCUT2D eigenvalue weighted by Crippen LogP contribution is -1.92. The molecule has 0 amide bonds. The van der Waals surface area contributed by atoms with Gasteiger partial charge in [-0.15, -0.1) is 11.3 Å². The fourth-order valence-electron chi connectivity index (χ4n) is 3.78. The number of nitrogens with zero attached hydrogens (tertiary/aromatic N) is 3. The van der Waals surface area contributed by atoms with Gasteiger partial charge in [-0.1, -0.05) is 30.3 Å². The summed E-state index contributed by atoms with van der Waals surface area (Å²) in [5.41, 5.74) is 3.08. The quantitative estimate of drug-likeness (QED) is 0.287. The van der Waals surface area contributed by atoms with Crippen molar-refractivity contribution in [3.63, 3.8) is 0 Å². The van der Waals surface area contributed by atoms with E-state index in [9.17, 15) is 0 Å². The first-order valence-electron chi connectivity index (χ1n) is 10.1. The molecule has 0 spiro atoms. The van der Waals surface area contributed by atoms with Crippen LogP contribution in [0.5, 0.6) is 22.4 Å². The minimum absolute atomic E-state index is 0.543. The Morgan fingerprint density at radius 2 is 1.50 bits per heavy atom. The molecule has 0 aliphatic rings. The summed E-state index contributed by atoms with van der Waals surface area (Å²) in [5, 5.41) is 5.20. The van der Waals surface area contributed by atoms with Crippen LogP contribution in [-0.2, 0) is 0 Å². The van der Waals surface area contributed by atoms with Crippen molar-refractivity contribution in [1.82, 2.24) is 14.5 Å². The van der Waals surface area contributed by atoms with Crippen LogP contribution < -0.4 is 9.47 Å². The number of para-hydroxylation sites is 1. The normalized spacial score (nSPS) is 11.1. The Hall–Kier alpha value is -4.16. The minimum Gasteiger partial charge on any atom is -0.446 e. The van der Waals surface area contributed by atoms with Crippen LogP contribution in [0.15, 0.2) is 103 Å². The number of hydrogen-bond donors (Lipinski definition) is 0. The van der Waals surface area contributed by atoms with Crippen molar-refractivity contribution in [1.29, 1.82) is 0 Å². The number of benzene rings is 2. The van der Waals surface area contributed by atoms with Gasteiger partial charge in [0.15, 0.2) is 5.06 Å². The number of aromatic nitrogens is 3. The number of pyridine rings is 2. The Labute approximate surface area is 188 Å². The second-order valence-corrected chi connectivity index (χ2v) is 8.07.